The molecule has 0 aliphatic carbocycles. The molecule has 2 aromatic rings. The van der Waals surface area contributed by atoms with Crippen molar-refractivity contribution < 1.29 is 14.5 Å². The molecule has 0 atom stereocenters. The molecule has 4 nitrogen and oxygen atoms in total. The van der Waals surface area contributed by atoms with Gasteiger partial charge >= 0.3 is 5.97 Å². The van der Waals surface area contributed by atoms with E-state index >= 15 is 0 Å². The normalized spacial score (nSPS) is 10.7. The number of carboxylic acids is 1. The van der Waals surface area contributed by atoms with Crippen LogP contribution in [0, 0.1) is 0 Å². The Morgan fingerprint density at radius 3 is 2.70 bits per heavy atom. The number of carbonyl (C=O) groups is 1. The Labute approximate surface area is 119 Å². The first kappa shape index (κ1) is 14.3. The Hall–Kier alpha value is -2.10. The van der Waals surface area contributed by atoms with Crippen LogP contribution < -0.4 is 4.57 Å². The van der Waals surface area contributed by atoms with Crippen LogP contribution in [0.1, 0.15) is 31.2 Å². The number of nitrogens with zero attached hydrogens (tertiary/aromatic N) is 2. The number of benzene rings is 1. The van der Waals surface area contributed by atoms with Crippen LogP contribution >= 0.6 is 0 Å². The SMILES string of the molecule is CCCc1n(CCC(=O)O)cc[n+]1Cc1ccccc1. The standard InChI is InChI=1S/C16H20N2O2/c1-2-6-15-17(10-9-16(19)20)11-12-18(15)13-14-7-4-3-5-8-14/h3-5,7-8,11-12H,2,6,9-10,13H2,1H3/p+1. The lowest BCUT2D eigenvalue weighted by Crippen LogP contribution is -2.37. The molecule has 0 spiro atoms. The summed E-state index contributed by atoms with van der Waals surface area (Å²) in [5.41, 5.74) is 1.26. The molecule has 4 heteroatoms. The van der Waals surface area contributed by atoms with Gasteiger partial charge in [-0.3, -0.25) is 4.79 Å². The number of rotatable bonds is 7. The summed E-state index contributed by atoms with van der Waals surface area (Å²) in [6.07, 6.45) is 6.19. The molecule has 0 amide bonds. The van der Waals surface area contributed by atoms with Crippen LogP contribution in [0.25, 0.3) is 0 Å². The minimum absolute atomic E-state index is 0.163. The van der Waals surface area contributed by atoms with Gasteiger partial charge in [-0.05, 0) is 12.0 Å². The summed E-state index contributed by atoms with van der Waals surface area (Å²) in [5, 5.41) is 8.82. The van der Waals surface area contributed by atoms with Crippen LogP contribution in [0.4, 0.5) is 0 Å². The molecule has 0 unspecified atom stereocenters. The fraction of sp³-hybridized carbons (Fsp3) is 0.375. The van der Waals surface area contributed by atoms with Crippen molar-refractivity contribution in [3.05, 3.63) is 54.1 Å². The molecule has 0 aliphatic rings. The second kappa shape index (κ2) is 6.89. The van der Waals surface area contributed by atoms with Gasteiger partial charge in [0.2, 0.25) is 0 Å². The van der Waals surface area contributed by atoms with Gasteiger partial charge in [0.05, 0.1) is 6.42 Å². The zero-order chi connectivity index (χ0) is 14.4. The van der Waals surface area contributed by atoms with Crippen molar-refractivity contribution in [3.63, 3.8) is 0 Å². The van der Waals surface area contributed by atoms with Gasteiger partial charge in [-0.25, -0.2) is 9.13 Å². The molecule has 0 fully saturated rings. The van der Waals surface area contributed by atoms with Crippen LogP contribution in [0.15, 0.2) is 42.7 Å². The summed E-state index contributed by atoms with van der Waals surface area (Å²) in [5.74, 6) is 0.438. The van der Waals surface area contributed by atoms with E-state index in [1.165, 1.54) is 11.4 Å². The summed E-state index contributed by atoms with van der Waals surface area (Å²) in [6, 6.07) is 10.3. The van der Waals surface area contributed by atoms with Crippen LogP contribution in [-0.2, 0) is 24.3 Å². The highest BCUT2D eigenvalue weighted by molar-refractivity contribution is 5.66. The first-order valence-electron chi connectivity index (χ1n) is 7.04. The van der Waals surface area contributed by atoms with E-state index in [9.17, 15) is 4.79 Å². The van der Waals surface area contributed by atoms with Crippen molar-refractivity contribution in [2.24, 2.45) is 0 Å². The van der Waals surface area contributed by atoms with Crippen LogP contribution in [0.3, 0.4) is 0 Å². The Balaban J connectivity index is 2.17. The maximum atomic E-state index is 10.7. The van der Waals surface area contributed by atoms with Crippen molar-refractivity contribution in [2.45, 2.75) is 39.3 Å². The molecule has 20 heavy (non-hydrogen) atoms. The molecular formula is C16H21N2O2+. The molecule has 0 radical (unpaired) electrons. The lowest BCUT2D eigenvalue weighted by Gasteiger charge is -2.04. The smallest absolute Gasteiger partial charge is 0.307 e. The van der Waals surface area contributed by atoms with E-state index in [1.807, 2.05) is 30.6 Å². The van der Waals surface area contributed by atoms with Gasteiger partial charge in [-0.15, -0.1) is 0 Å². The first-order valence-corrected chi connectivity index (χ1v) is 7.04. The van der Waals surface area contributed by atoms with Crippen molar-refractivity contribution in [2.75, 3.05) is 0 Å². The quantitative estimate of drug-likeness (QED) is 0.786. The lowest BCUT2D eigenvalue weighted by atomic mass is 10.2. The molecule has 106 valence electrons. The summed E-state index contributed by atoms with van der Waals surface area (Å²) >= 11 is 0. The van der Waals surface area contributed by atoms with Gasteiger partial charge in [-0.1, -0.05) is 37.3 Å². The van der Waals surface area contributed by atoms with Gasteiger partial charge in [-0.2, -0.15) is 0 Å². The topological polar surface area (TPSA) is 46.1 Å². The number of aromatic nitrogens is 2. The minimum atomic E-state index is -0.754. The molecule has 1 aromatic carbocycles. The van der Waals surface area contributed by atoms with Crippen molar-refractivity contribution in [1.82, 2.24) is 4.57 Å². The minimum Gasteiger partial charge on any atom is -0.481 e. The van der Waals surface area contributed by atoms with Crippen molar-refractivity contribution >= 4 is 5.97 Å². The second-order valence-corrected chi connectivity index (χ2v) is 4.92. The number of aryl methyl sites for hydroxylation is 1. The number of aliphatic carboxylic acids is 1. The van der Waals surface area contributed by atoms with E-state index in [4.69, 9.17) is 5.11 Å². The van der Waals surface area contributed by atoms with Crippen molar-refractivity contribution in [3.8, 4) is 0 Å². The van der Waals surface area contributed by atoms with Crippen molar-refractivity contribution in [1.29, 1.82) is 0 Å². The number of imidazole rings is 1. The monoisotopic (exact) mass is 273 g/mol. The predicted molar refractivity (Wildman–Crippen MR) is 76.4 cm³/mol. The summed E-state index contributed by atoms with van der Waals surface area (Å²) < 4.78 is 4.27. The molecule has 0 aliphatic heterocycles. The Bertz CT molecular complexity index is 561. The van der Waals surface area contributed by atoms with Crippen LogP contribution in [-0.4, -0.2) is 15.6 Å². The van der Waals surface area contributed by atoms with E-state index < -0.39 is 5.97 Å². The summed E-state index contributed by atoms with van der Waals surface area (Å²) in [4.78, 5) is 10.7. The highest BCUT2D eigenvalue weighted by atomic mass is 16.4. The average Bonchev–Trinajstić information content (AvgIpc) is 2.81. The van der Waals surface area contributed by atoms with Gasteiger partial charge in [0.1, 0.15) is 25.5 Å². The third kappa shape index (κ3) is 3.70. The lowest BCUT2D eigenvalue weighted by molar-refractivity contribution is -0.695. The third-order valence-corrected chi connectivity index (χ3v) is 3.33. The predicted octanol–water partition coefficient (Wildman–Crippen LogP) is 2.25. The molecule has 1 aromatic heterocycles. The fourth-order valence-corrected chi connectivity index (χ4v) is 2.35. The first-order chi connectivity index (χ1) is 9.70. The zero-order valence-corrected chi connectivity index (χ0v) is 11.8. The highest BCUT2D eigenvalue weighted by Crippen LogP contribution is 2.04. The van der Waals surface area contributed by atoms with Gasteiger partial charge < -0.3 is 5.11 Å². The van der Waals surface area contributed by atoms with E-state index in [2.05, 4.69) is 28.2 Å². The van der Waals surface area contributed by atoms with E-state index in [0.29, 0.717) is 6.54 Å². The van der Waals surface area contributed by atoms with Gasteiger partial charge in [0, 0.05) is 6.42 Å². The summed E-state index contributed by atoms with van der Waals surface area (Å²) in [7, 11) is 0. The number of hydrogen-bond donors (Lipinski definition) is 1. The zero-order valence-electron chi connectivity index (χ0n) is 11.8. The largest absolute Gasteiger partial charge is 0.481 e. The third-order valence-electron chi connectivity index (χ3n) is 3.33. The van der Waals surface area contributed by atoms with E-state index in [0.717, 1.165) is 19.4 Å². The molecular weight excluding hydrogens is 252 g/mol. The molecule has 0 saturated carbocycles. The maximum Gasteiger partial charge on any atom is 0.307 e. The molecule has 1 N–H and O–H groups in total. The van der Waals surface area contributed by atoms with Crippen LogP contribution in [0.2, 0.25) is 0 Å². The van der Waals surface area contributed by atoms with Crippen LogP contribution in [0.5, 0.6) is 0 Å². The Morgan fingerprint density at radius 2 is 2.05 bits per heavy atom. The summed E-state index contributed by atoms with van der Waals surface area (Å²) in [6.45, 7) is 3.50. The highest BCUT2D eigenvalue weighted by Gasteiger charge is 2.17. The molecule has 2 rings (SSSR count). The van der Waals surface area contributed by atoms with E-state index in [-0.39, 0.29) is 6.42 Å². The maximum absolute atomic E-state index is 10.7. The molecule has 0 saturated heterocycles. The second-order valence-electron chi connectivity index (χ2n) is 4.92. The number of carboxylic acid groups (broad SMARTS) is 1. The molecule has 0 bridgehead atoms. The average molecular weight is 273 g/mol. The van der Waals surface area contributed by atoms with Gasteiger partial charge in [0.15, 0.2) is 0 Å². The number of hydrogen-bond acceptors (Lipinski definition) is 1. The Morgan fingerprint density at radius 1 is 1.30 bits per heavy atom. The fourth-order valence-electron chi connectivity index (χ4n) is 2.35. The Kier molecular flexibility index (Phi) is 4.93. The molecule has 1 heterocycles. The van der Waals surface area contributed by atoms with E-state index in [1.54, 1.807) is 0 Å². The van der Waals surface area contributed by atoms with Gasteiger partial charge in [0.25, 0.3) is 5.82 Å².